The number of sulfone groups is 1. The number of methoxy groups -OCH3 is 1. The minimum absolute atomic E-state index is 0.0141. The maximum absolute atomic E-state index is 12.3. The van der Waals surface area contributed by atoms with Crippen LogP contribution in [0.3, 0.4) is 0 Å². The molecule has 0 atom stereocenters. The van der Waals surface area contributed by atoms with Crippen LogP contribution in [0.15, 0.2) is 52.8 Å². The molecule has 0 aromatic heterocycles. The van der Waals surface area contributed by atoms with Gasteiger partial charge in [-0.25, -0.2) is 8.42 Å². The highest BCUT2D eigenvalue weighted by Crippen LogP contribution is 2.30. The molecule has 26 heavy (non-hydrogen) atoms. The molecule has 2 aromatic rings. The van der Waals surface area contributed by atoms with Gasteiger partial charge in [0.1, 0.15) is 0 Å². The molecule has 0 bridgehead atoms. The molecular weight excluding hydrogens is 372 g/mol. The van der Waals surface area contributed by atoms with Crippen LogP contribution in [0.1, 0.15) is 5.56 Å². The van der Waals surface area contributed by atoms with Crippen LogP contribution in [-0.2, 0) is 9.84 Å². The number of hydrogen-bond donors (Lipinski definition) is 0. The van der Waals surface area contributed by atoms with Crippen molar-refractivity contribution in [1.29, 1.82) is 0 Å². The third-order valence-corrected chi connectivity index (χ3v) is 4.64. The van der Waals surface area contributed by atoms with Gasteiger partial charge in [-0.2, -0.15) is 8.78 Å². The lowest BCUT2D eigenvalue weighted by molar-refractivity contribution is -0.384. The summed E-state index contributed by atoms with van der Waals surface area (Å²) in [6, 6.07) is 8.35. The summed E-state index contributed by atoms with van der Waals surface area (Å²) in [7, 11) is -2.59. The second-order valence-corrected chi connectivity index (χ2v) is 6.72. The highest BCUT2D eigenvalue weighted by Gasteiger charge is 2.14. The molecule has 2 aromatic carbocycles. The predicted molar refractivity (Wildman–Crippen MR) is 88.9 cm³/mol. The van der Waals surface area contributed by atoms with E-state index in [1.807, 2.05) is 0 Å². The van der Waals surface area contributed by atoms with Crippen molar-refractivity contribution in [3.8, 4) is 11.5 Å². The number of nitro groups is 1. The van der Waals surface area contributed by atoms with E-state index < -0.39 is 21.4 Å². The van der Waals surface area contributed by atoms with Gasteiger partial charge in [-0.05, 0) is 35.9 Å². The smallest absolute Gasteiger partial charge is 0.387 e. The van der Waals surface area contributed by atoms with Gasteiger partial charge < -0.3 is 9.47 Å². The topological polar surface area (TPSA) is 95.7 Å². The van der Waals surface area contributed by atoms with E-state index in [1.54, 1.807) is 0 Å². The van der Waals surface area contributed by atoms with E-state index in [1.165, 1.54) is 31.4 Å². The summed E-state index contributed by atoms with van der Waals surface area (Å²) in [5.74, 6) is -0.168. The minimum atomic E-state index is -3.84. The fraction of sp³-hybridized carbons (Fsp3) is 0.125. The Morgan fingerprint density at radius 1 is 1.12 bits per heavy atom. The molecule has 0 N–H and O–H groups in total. The van der Waals surface area contributed by atoms with Crippen molar-refractivity contribution >= 4 is 21.6 Å². The van der Waals surface area contributed by atoms with Crippen LogP contribution in [0.5, 0.6) is 11.5 Å². The van der Waals surface area contributed by atoms with E-state index >= 15 is 0 Å². The molecule has 0 aliphatic heterocycles. The Hall–Kier alpha value is -3.01. The van der Waals surface area contributed by atoms with E-state index in [0.29, 0.717) is 5.56 Å². The van der Waals surface area contributed by atoms with Crippen molar-refractivity contribution < 1.29 is 31.6 Å². The van der Waals surface area contributed by atoms with Crippen LogP contribution in [0.25, 0.3) is 6.08 Å². The zero-order valence-electron chi connectivity index (χ0n) is 13.3. The number of halogens is 2. The predicted octanol–water partition coefficient (Wildman–Crippen LogP) is 3.65. The summed E-state index contributed by atoms with van der Waals surface area (Å²) in [6.45, 7) is -3.02. The number of alkyl halides is 2. The van der Waals surface area contributed by atoms with Crippen molar-refractivity contribution in [2.45, 2.75) is 11.5 Å². The molecule has 0 unspecified atom stereocenters. The zero-order valence-corrected chi connectivity index (χ0v) is 14.2. The summed E-state index contributed by atoms with van der Waals surface area (Å²) in [5, 5.41) is 11.5. The Morgan fingerprint density at radius 3 is 2.31 bits per heavy atom. The first-order valence-electron chi connectivity index (χ1n) is 7.03. The van der Waals surface area contributed by atoms with Crippen LogP contribution >= 0.6 is 0 Å². The molecule has 138 valence electrons. The van der Waals surface area contributed by atoms with E-state index in [-0.39, 0.29) is 22.1 Å². The van der Waals surface area contributed by atoms with Crippen molar-refractivity contribution in [2.24, 2.45) is 0 Å². The molecule has 7 nitrogen and oxygen atoms in total. The number of hydrogen-bond acceptors (Lipinski definition) is 6. The van der Waals surface area contributed by atoms with Gasteiger partial charge in [-0.15, -0.1) is 0 Å². The zero-order chi connectivity index (χ0) is 19.3. The standard InChI is InChI=1S/C16H13F2NO6S/c1-24-15-10-11(2-7-14(15)25-16(17)18)8-9-26(22,23)13-5-3-12(4-6-13)19(20)21/h2-10,16H,1H3/b9-8+. The lowest BCUT2D eigenvalue weighted by Crippen LogP contribution is -2.03. The third-order valence-electron chi connectivity index (χ3n) is 3.22. The summed E-state index contributed by atoms with van der Waals surface area (Å²) in [4.78, 5) is 9.84. The van der Waals surface area contributed by atoms with Crippen LogP contribution in [0, 0.1) is 10.1 Å². The molecule has 0 aliphatic carbocycles. The van der Waals surface area contributed by atoms with Crippen molar-refractivity contribution in [3.05, 3.63) is 63.6 Å². The van der Waals surface area contributed by atoms with E-state index in [2.05, 4.69) is 4.74 Å². The third kappa shape index (κ3) is 4.76. The first-order valence-corrected chi connectivity index (χ1v) is 8.58. The second kappa shape index (κ2) is 7.91. The number of ether oxygens (including phenoxy) is 2. The van der Waals surface area contributed by atoms with Gasteiger partial charge in [0, 0.05) is 17.5 Å². The minimum Gasteiger partial charge on any atom is -0.493 e. The molecule has 0 spiro atoms. The van der Waals surface area contributed by atoms with Crippen molar-refractivity contribution in [1.82, 2.24) is 0 Å². The molecule has 0 saturated heterocycles. The Balaban J connectivity index is 2.26. The quantitative estimate of drug-likeness (QED) is 0.533. The average molecular weight is 385 g/mol. The van der Waals surface area contributed by atoms with E-state index in [9.17, 15) is 27.3 Å². The summed E-state index contributed by atoms with van der Waals surface area (Å²) in [5.41, 5.74) is 0.140. The highest BCUT2D eigenvalue weighted by molar-refractivity contribution is 7.94. The van der Waals surface area contributed by atoms with Gasteiger partial charge in [0.05, 0.1) is 16.9 Å². The Bertz CT molecular complexity index is 926. The molecule has 2 rings (SSSR count). The summed E-state index contributed by atoms with van der Waals surface area (Å²) >= 11 is 0. The van der Waals surface area contributed by atoms with Gasteiger partial charge in [-0.3, -0.25) is 10.1 Å². The molecular formula is C16H13F2NO6S. The molecule has 0 saturated carbocycles. The van der Waals surface area contributed by atoms with Gasteiger partial charge in [0.25, 0.3) is 5.69 Å². The van der Waals surface area contributed by atoms with Gasteiger partial charge in [-0.1, -0.05) is 6.07 Å². The molecule has 10 heteroatoms. The van der Waals surface area contributed by atoms with Crippen LogP contribution in [-0.4, -0.2) is 27.1 Å². The molecule has 0 aliphatic rings. The fourth-order valence-electron chi connectivity index (χ4n) is 1.99. The lowest BCUT2D eigenvalue weighted by Gasteiger charge is -2.10. The van der Waals surface area contributed by atoms with Crippen molar-refractivity contribution in [3.63, 3.8) is 0 Å². The number of nitro benzene ring substituents is 1. The molecule has 0 heterocycles. The van der Waals surface area contributed by atoms with E-state index in [4.69, 9.17) is 4.74 Å². The van der Waals surface area contributed by atoms with Crippen LogP contribution in [0.2, 0.25) is 0 Å². The summed E-state index contributed by atoms with van der Waals surface area (Å²) in [6.07, 6.45) is 1.24. The largest absolute Gasteiger partial charge is 0.493 e. The first-order chi connectivity index (χ1) is 12.2. The Labute approximate surface area is 147 Å². The number of nitrogens with zero attached hydrogens (tertiary/aromatic N) is 1. The second-order valence-electron chi connectivity index (χ2n) is 4.89. The average Bonchev–Trinajstić information content (AvgIpc) is 2.60. The SMILES string of the molecule is COc1cc(/C=C/S(=O)(=O)c2ccc([N+](=O)[O-])cc2)ccc1OC(F)F. The normalized spacial score (nSPS) is 11.7. The molecule has 0 amide bonds. The number of benzene rings is 2. The maximum Gasteiger partial charge on any atom is 0.387 e. The first kappa shape index (κ1) is 19.3. The summed E-state index contributed by atoms with van der Waals surface area (Å²) < 4.78 is 58.3. The fourth-order valence-corrected chi connectivity index (χ4v) is 2.99. The maximum atomic E-state index is 12.3. The highest BCUT2D eigenvalue weighted by atomic mass is 32.2. The van der Waals surface area contributed by atoms with Crippen LogP contribution in [0.4, 0.5) is 14.5 Å². The van der Waals surface area contributed by atoms with E-state index in [0.717, 1.165) is 29.7 Å². The van der Waals surface area contributed by atoms with Gasteiger partial charge >= 0.3 is 6.61 Å². The van der Waals surface area contributed by atoms with Crippen molar-refractivity contribution in [2.75, 3.05) is 7.11 Å². The number of non-ortho nitro benzene ring substituents is 1. The molecule has 0 radical (unpaired) electrons. The number of rotatable bonds is 7. The van der Waals surface area contributed by atoms with Gasteiger partial charge in [0.15, 0.2) is 21.3 Å². The Morgan fingerprint density at radius 2 is 1.77 bits per heavy atom. The van der Waals surface area contributed by atoms with Gasteiger partial charge in [0.2, 0.25) is 0 Å². The monoisotopic (exact) mass is 385 g/mol. The molecule has 0 fully saturated rings. The lowest BCUT2D eigenvalue weighted by atomic mass is 10.2. The Kier molecular flexibility index (Phi) is 5.88. The van der Waals surface area contributed by atoms with Crippen LogP contribution < -0.4 is 9.47 Å².